The van der Waals surface area contributed by atoms with Gasteiger partial charge in [0.1, 0.15) is 5.82 Å². The van der Waals surface area contributed by atoms with Gasteiger partial charge in [0, 0.05) is 39.8 Å². The summed E-state index contributed by atoms with van der Waals surface area (Å²) in [4.78, 5) is 1.83. The second-order valence-corrected chi connectivity index (χ2v) is 3.91. The molecular formula is C13H10ClFNY-. The van der Waals surface area contributed by atoms with Crippen molar-refractivity contribution in [3.05, 3.63) is 65.1 Å². The molecule has 1 aromatic carbocycles. The molecule has 0 saturated carbocycles. The first-order chi connectivity index (χ1) is 7.59. The minimum atomic E-state index is -0.254. The summed E-state index contributed by atoms with van der Waals surface area (Å²) in [6, 6.07) is 6.24. The fourth-order valence-electron chi connectivity index (χ4n) is 1.49. The molecule has 17 heavy (non-hydrogen) atoms. The molecule has 0 N–H and O–H groups in total. The van der Waals surface area contributed by atoms with Crippen LogP contribution < -0.4 is 0 Å². The van der Waals surface area contributed by atoms with Gasteiger partial charge in [-0.15, -0.1) is 12.1 Å². The zero-order valence-electron chi connectivity index (χ0n) is 9.37. The zero-order valence-corrected chi connectivity index (χ0v) is 13.0. The van der Waals surface area contributed by atoms with Crippen LogP contribution >= 0.6 is 11.6 Å². The molecule has 1 aliphatic heterocycles. The first kappa shape index (κ1) is 14.6. The first-order valence-corrected chi connectivity index (χ1v) is 5.15. The van der Waals surface area contributed by atoms with E-state index in [4.69, 9.17) is 11.6 Å². The summed E-state index contributed by atoms with van der Waals surface area (Å²) in [6.45, 7) is 3.86. The molecule has 1 radical (unpaired) electrons. The van der Waals surface area contributed by atoms with Gasteiger partial charge in [-0.05, 0) is 22.9 Å². The van der Waals surface area contributed by atoms with Gasteiger partial charge in [-0.1, -0.05) is 17.8 Å². The van der Waals surface area contributed by atoms with Crippen LogP contribution in [0.5, 0.6) is 0 Å². The van der Waals surface area contributed by atoms with Crippen LogP contribution in [0.25, 0.3) is 5.70 Å². The van der Waals surface area contributed by atoms with Gasteiger partial charge in [-0.3, -0.25) is 0 Å². The molecule has 1 nitrogen and oxygen atoms in total. The van der Waals surface area contributed by atoms with E-state index in [2.05, 4.69) is 12.7 Å². The van der Waals surface area contributed by atoms with Gasteiger partial charge in [0.05, 0.1) is 0 Å². The molecule has 85 valence electrons. The van der Waals surface area contributed by atoms with Crippen molar-refractivity contribution in [2.24, 2.45) is 0 Å². The quantitative estimate of drug-likeness (QED) is 0.715. The maximum atomic E-state index is 12.8. The van der Waals surface area contributed by atoms with Crippen LogP contribution in [0.3, 0.4) is 0 Å². The molecule has 0 aliphatic carbocycles. The number of hydrogen-bond acceptors (Lipinski definition) is 1. The summed E-state index contributed by atoms with van der Waals surface area (Å²) in [7, 11) is 1.85. The summed E-state index contributed by atoms with van der Waals surface area (Å²) in [6.07, 6.45) is 4.72. The third-order valence-electron chi connectivity index (χ3n) is 2.47. The fraction of sp³-hybridized carbons (Fsp3) is 0.0769. The van der Waals surface area contributed by atoms with Crippen molar-refractivity contribution in [2.45, 2.75) is 0 Å². The molecule has 4 heteroatoms. The van der Waals surface area contributed by atoms with Gasteiger partial charge in [0.15, 0.2) is 0 Å². The second kappa shape index (κ2) is 5.95. The van der Waals surface area contributed by atoms with Crippen LogP contribution in [0, 0.1) is 11.9 Å². The van der Waals surface area contributed by atoms with Crippen LogP contribution in [-0.2, 0) is 32.7 Å². The maximum Gasteiger partial charge on any atom is 0.121 e. The van der Waals surface area contributed by atoms with Crippen LogP contribution in [-0.4, -0.2) is 11.9 Å². The Morgan fingerprint density at radius 2 is 1.88 bits per heavy atom. The molecule has 0 fully saturated rings. The van der Waals surface area contributed by atoms with E-state index in [0.29, 0.717) is 10.7 Å². The van der Waals surface area contributed by atoms with E-state index in [1.807, 2.05) is 11.9 Å². The number of rotatable bonds is 1. The maximum absolute atomic E-state index is 12.8. The number of likely N-dealkylation sites (N-methyl/N-ethyl adjacent to an activating group) is 1. The summed E-state index contributed by atoms with van der Waals surface area (Å²) in [5, 5.41) is 0.563. The topological polar surface area (TPSA) is 3.24 Å². The van der Waals surface area contributed by atoms with E-state index >= 15 is 0 Å². The summed E-state index contributed by atoms with van der Waals surface area (Å²) in [5.41, 5.74) is 2.42. The van der Waals surface area contributed by atoms with Crippen molar-refractivity contribution < 1.29 is 37.1 Å². The molecule has 0 atom stereocenters. The Labute approximate surface area is 131 Å². The van der Waals surface area contributed by atoms with Crippen LogP contribution in [0.4, 0.5) is 4.39 Å². The van der Waals surface area contributed by atoms with E-state index < -0.39 is 0 Å². The number of nitrogens with zero attached hydrogens (tertiary/aromatic N) is 1. The molecule has 0 amide bonds. The number of halogens is 2. The Morgan fingerprint density at radius 3 is 2.47 bits per heavy atom. The smallest absolute Gasteiger partial charge is 0.121 e. The van der Waals surface area contributed by atoms with Gasteiger partial charge in [0.2, 0.25) is 0 Å². The van der Waals surface area contributed by atoms with E-state index in [-0.39, 0.29) is 38.5 Å². The van der Waals surface area contributed by atoms with Crippen molar-refractivity contribution in [1.29, 1.82) is 0 Å². The van der Waals surface area contributed by atoms with Gasteiger partial charge < -0.3 is 4.90 Å². The molecule has 1 heterocycles. The van der Waals surface area contributed by atoms with Crippen LogP contribution in [0.2, 0.25) is 0 Å². The summed E-state index contributed by atoms with van der Waals surface area (Å²) < 4.78 is 12.8. The predicted octanol–water partition coefficient (Wildman–Crippen LogP) is 3.55. The summed E-state index contributed by atoms with van der Waals surface area (Å²) in [5.74, 6) is -0.254. The minimum absolute atomic E-state index is 0. The van der Waals surface area contributed by atoms with Crippen molar-refractivity contribution in [3.8, 4) is 0 Å². The third kappa shape index (κ3) is 3.07. The van der Waals surface area contributed by atoms with Gasteiger partial charge in [-0.25, -0.2) is 4.39 Å². The number of allylic oxidation sites excluding steroid dienone is 3. The average molecular weight is 324 g/mol. The van der Waals surface area contributed by atoms with E-state index in [0.717, 1.165) is 11.3 Å². The van der Waals surface area contributed by atoms with Crippen LogP contribution in [0.1, 0.15) is 5.56 Å². The standard InChI is InChI=1S/C13H10ClFN.Y/c1-9-12(14)7-8-13(16(9)2)10-3-5-11(15)6-4-10;/h3-7H,1H2,2H3;/q-1;. The Bertz CT molecular complexity index is 491. The van der Waals surface area contributed by atoms with Crippen molar-refractivity contribution in [1.82, 2.24) is 4.90 Å². The fourth-order valence-corrected chi connectivity index (χ4v) is 1.67. The van der Waals surface area contributed by atoms with Crippen LogP contribution in [0.15, 0.2) is 47.6 Å². The monoisotopic (exact) mass is 323 g/mol. The molecule has 0 saturated heterocycles. The number of benzene rings is 1. The molecule has 0 bridgehead atoms. The van der Waals surface area contributed by atoms with Gasteiger partial charge >= 0.3 is 0 Å². The largest absolute Gasteiger partial charge is 0.377 e. The molecule has 2 rings (SSSR count). The molecular weight excluding hydrogens is 314 g/mol. The van der Waals surface area contributed by atoms with Gasteiger partial charge in [-0.2, -0.15) is 23.8 Å². The molecule has 0 spiro atoms. The number of hydrogen-bond donors (Lipinski definition) is 0. The Kier molecular flexibility index (Phi) is 5.11. The minimum Gasteiger partial charge on any atom is -0.377 e. The SMILES string of the molecule is C=C1C(Cl)=C[C-]=C(c2ccc(F)cc2)N1C.[Y]. The van der Waals surface area contributed by atoms with Gasteiger partial charge in [0.25, 0.3) is 0 Å². The van der Waals surface area contributed by atoms with E-state index in [1.54, 1.807) is 18.2 Å². The van der Waals surface area contributed by atoms with E-state index in [9.17, 15) is 4.39 Å². The normalized spacial score (nSPS) is 15.0. The Hall–Kier alpha value is -0.436. The predicted molar refractivity (Wildman–Crippen MR) is 63.9 cm³/mol. The van der Waals surface area contributed by atoms with Crippen molar-refractivity contribution in [3.63, 3.8) is 0 Å². The average Bonchev–Trinajstić information content (AvgIpc) is 2.28. The van der Waals surface area contributed by atoms with E-state index in [1.165, 1.54) is 12.1 Å². The second-order valence-electron chi connectivity index (χ2n) is 3.50. The Morgan fingerprint density at radius 1 is 1.29 bits per heavy atom. The summed E-state index contributed by atoms with van der Waals surface area (Å²) >= 11 is 5.92. The molecule has 1 aromatic rings. The zero-order chi connectivity index (χ0) is 11.7. The molecule has 1 aliphatic rings. The third-order valence-corrected chi connectivity index (χ3v) is 2.80. The first-order valence-electron chi connectivity index (χ1n) is 4.77. The Balaban J connectivity index is 0.00000144. The van der Waals surface area contributed by atoms with Crippen molar-refractivity contribution in [2.75, 3.05) is 7.05 Å². The van der Waals surface area contributed by atoms with Crippen molar-refractivity contribution >= 4 is 17.3 Å². The molecule has 0 unspecified atom stereocenters. The molecule has 0 aromatic heterocycles.